The lowest BCUT2D eigenvalue weighted by molar-refractivity contribution is -0.136. The first-order valence-corrected chi connectivity index (χ1v) is 4.95. The Balaban J connectivity index is 2.14. The Morgan fingerprint density at radius 2 is 2.50 bits per heavy atom. The van der Waals surface area contributed by atoms with E-state index in [9.17, 15) is 4.79 Å². The van der Waals surface area contributed by atoms with Crippen LogP contribution in [-0.4, -0.2) is 36.3 Å². The van der Waals surface area contributed by atoms with Crippen molar-refractivity contribution < 1.29 is 14.1 Å². The zero-order chi connectivity index (χ0) is 11.8. The zero-order valence-corrected chi connectivity index (χ0v) is 9.40. The molecule has 0 unspecified atom stereocenters. The Hall–Kier alpha value is -1.69. The number of esters is 1. The molecular formula is C10H15N3O3. The number of aromatic nitrogens is 2. The van der Waals surface area contributed by atoms with Gasteiger partial charge >= 0.3 is 5.97 Å². The standard InChI is InChI=1S/C10H15N3O3/c1-8(10(14)15-2)3-5-11-6-4-9-12-7-13-16-9/h3,7,11H,4-6H2,1-2H3. The highest BCUT2D eigenvalue weighted by molar-refractivity contribution is 5.87. The molecule has 88 valence electrons. The second-order valence-corrected chi connectivity index (χ2v) is 3.17. The van der Waals surface area contributed by atoms with E-state index in [-0.39, 0.29) is 5.97 Å². The highest BCUT2D eigenvalue weighted by atomic mass is 16.5. The van der Waals surface area contributed by atoms with Gasteiger partial charge in [-0.3, -0.25) is 0 Å². The molecule has 16 heavy (non-hydrogen) atoms. The van der Waals surface area contributed by atoms with Crippen LogP contribution in [0.4, 0.5) is 0 Å². The first-order chi connectivity index (χ1) is 7.74. The Morgan fingerprint density at radius 1 is 1.69 bits per heavy atom. The summed E-state index contributed by atoms with van der Waals surface area (Å²) in [6.07, 6.45) is 3.82. The van der Waals surface area contributed by atoms with Crippen LogP contribution in [0, 0.1) is 0 Å². The van der Waals surface area contributed by atoms with Gasteiger partial charge < -0.3 is 14.6 Å². The van der Waals surface area contributed by atoms with Gasteiger partial charge in [-0.05, 0) is 6.92 Å². The molecule has 0 spiro atoms. The van der Waals surface area contributed by atoms with Gasteiger partial charge in [0.25, 0.3) is 0 Å². The number of hydrogen-bond acceptors (Lipinski definition) is 6. The molecule has 1 aromatic heterocycles. The summed E-state index contributed by atoms with van der Waals surface area (Å²) in [4.78, 5) is 14.9. The summed E-state index contributed by atoms with van der Waals surface area (Å²) in [5.74, 6) is 0.292. The van der Waals surface area contributed by atoms with Gasteiger partial charge in [-0.2, -0.15) is 4.98 Å². The molecule has 1 heterocycles. The van der Waals surface area contributed by atoms with E-state index in [1.165, 1.54) is 13.4 Å². The number of ether oxygens (including phenoxy) is 1. The van der Waals surface area contributed by atoms with E-state index in [0.717, 1.165) is 0 Å². The van der Waals surface area contributed by atoms with Gasteiger partial charge in [-0.25, -0.2) is 4.79 Å². The molecule has 6 nitrogen and oxygen atoms in total. The molecule has 0 atom stereocenters. The molecule has 0 radical (unpaired) electrons. The molecule has 0 amide bonds. The smallest absolute Gasteiger partial charge is 0.333 e. The zero-order valence-electron chi connectivity index (χ0n) is 9.40. The summed E-state index contributed by atoms with van der Waals surface area (Å²) in [6.45, 7) is 3.04. The van der Waals surface area contributed by atoms with Gasteiger partial charge in [-0.1, -0.05) is 11.2 Å². The molecule has 0 aliphatic carbocycles. The van der Waals surface area contributed by atoms with Crippen molar-refractivity contribution in [3.05, 3.63) is 23.9 Å². The molecule has 0 aromatic carbocycles. The van der Waals surface area contributed by atoms with Crippen LogP contribution in [0.1, 0.15) is 12.8 Å². The van der Waals surface area contributed by atoms with Crippen LogP contribution in [-0.2, 0) is 16.0 Å². The Bertz CT molecular complexity index is 346. The van der Waals surface area contributed by atoms with Gasteiger partial charge in [0.1, 0.15) is 0 Å². The molecule has 0 bridgehead atoms. The SMILES string of the molecule is COC(=O)C(C)=CCNCCc1ncno1. The average molecular weight is 225 g/mol. The molecular weight excluding hydrogens is 210 g/mol. The summed E-state index contributed by atoms with van der Waals surface area (Å²) < 4.78 is 9.39. The molecule has 0 aliphatic heterocycles. The summed E-state index contributed by atoms with van der Waals surface area (Å²) in [7, 11) is 1.36. The number of rotatable bonds is 6. The van der Waals surface area contributed by atoms with E-state index in [0.29, 0.717) is 31.0 Å². The summed E-state index contributed by atoms with van der Waals surface area (Å²) >= 11 is 0. The largest absolute Gasteiger partial charge is 0.466 e. The van der Waals surface area contributed by atoms with Crippen LogP contribution in [0.3, 0.4) is 0 Å². The van der Waals surface area contributed by atoms with Crippen LogP contribution in [0.2, 0.25) is 0 Å². The van der Waals surface area contributed by atoms with Crippen molar-refractivity contribution >= 4 is 5.97 Å². The average Bonchev–Trinajstić information content (AvgIpc) is 2.80. The van der Waals surface area contributed by atoms with Crippen molar-refractivity contribution in [3.8, 4) is 0 Å². The molecule has 1 aromatic rings. The van der Waals surface area contributed by atoms with Gasteiger partial charge in [-0.15, -0.1) is 0 Å². The summed E-state index contributed by atoms with van der Waals surface area (Å²) in [6, 6.07) is 0. The van der Waals surface area contributed by atoms with E-state index < -0.39 is 0 Å². The Labute approximate surface area is 93.7 Å². The minimum absolute atomic E-state index is 0.307. The minimum Gasteiger partial charge on any atom is -0.466 e. The number of nitrogens with one attached hydrogen (secondary N) is 1. The topological polar surface area (TPSA) is 77.2 Å². The lowest BCUT2D eigenvalue weighted by Crippen LogP contribution is -2.18. The maximum Gasteiger partial charge on any atom is 0.333 e. The fourth-order valence-corrected chi connectivity index (χ4v) is 1.07. The van der Waals surface area contributed by atoms with Gasteiger partial charge in [0, 0.05) is 25.1 Å². The van der Waals surface area contributed by atoms with Crippen LogP contribution >= 0.6 is 0 Å². The molecule has 0 saturated heterocycles. The van der Waals surface area contributed by atoms with E-state index in [2.05, 4.69) is 20.2 Å². The molecule has 0 saturated carbocycles. The third kappa shape index (κ3) is 4.22. The van der Waals surface area contributed by atoms with Crippen LogP contribution in [0.25, 0.3) is 0 Å². The normalized spacial score (nSPS) is 11.5. The maximum absolute atomic E-state index is 11.0. The van der Waals surface area contributed by atoms with E-state index in [1.807, 2.05) is 0 Å². The van der Waals surface area contributed by atoms with Crippen LogP contribution in [0.5, 0.6) is 0 Å². The first-order valence-electron chi connectivity index (χ1n) is 4.95. The number of carbonyl (C=O) groups excluding carboxylic acids is 1. The van der Waals surface area contributed by atoms with Crippen molar-refractivity contribution in [2.45, 2.75) is 13.3 Å². The minimum atomic E-state index is -0.307. The van der Waals surface area contributed by atoms with Crippen molar-refractivity contribution in [2.24, 2.45) is 0 Å². The molecule has 1 rings (SSSR count). The number of carbonyl (C=O) groups is 1. The monoisotopic (exact) mass is 225 g/mol. The van der Waals surface area contributed by atoms with Crippen molar-refractivity contribution in [1.82, 2.24) is 15.5 Å². The lowest BCUT2D eigenvalue weighted by atomic mass is 10.3. The van der Waals surface area contributed by atoms with Gasteiger partial charge in [0.15, 0.2) is 6.33 Å². The summed E-state index contributed by atoms with van der Waals surface area (Å²) in [5.41, 5.74) is 0.591. The van der Waals surface area contributed by atoms with Crippen LogP contribution < -0.4 is 5.32 Å². The predicted octanol–water partition coefficient (Wildman–Crippen LogP) is 0.321. The maximum atomic E-state index is 11.0. The fraction of sp³-hybridized carbons (Fsp3) is 0.500. The van der Waals surface area contributed by atoms with Crippen LogP contribution in [0.15, 0.2) is 22.5 Å². The van der Waals surface area contributed by atoms with Crippen molar-refractivity contribution in [3.63, 3.8) is 0 Å². The number of nitrogens with zero attached hydrogens (tertiary/aromatic N) is 2. The fourth-order valence-electron chi connectivity index (χ4n) is 1.07. The number of methoxy groups -OCH3 is 1. The predicted molar refractivity (Wildman–Crippen MR) is 56.6 cm³/mol. The third-order valence-corrected chi connectivity index (χ3v) is 1.98. The highest BCUT2D eigenvalue weighted by Crippen LogP contribution is 1.94. The molecule has 1 N–H and O–H groups in total. The van der Waals surface area contributed by atoms with Crippen molar-refractivity contribution in [1.29, 1.82) is 0 Å². The first kappa shape index (κ1) is 12.4. The summed E-state index contributed by atoms with van der Waals surface area (Å²) in [5, 5.41) is 6.62. The second kappa shape index (κ2) is 6.73. The quantitative estimate of drug-likeness (QED) is 0.427. The molecule has 6 heteroatoms. The molecule has 0 fully saturated rings. The van der Waals surface area contributed by atoms with E-state index in [1.54, 1.807) is 13.0 Å². The van der Waals surface area contributed by atoms with E-state index in [4.69, 9.17) is 4.52 Å². The Kier molecular flexibility index (Phi) is 5.21. The number of hydrogen-bond donors (Lipinski definition) is 1. The second-order valence-electron chi connectivity index (χ2n) is 3.17. The molecule has 0 aliphatic rings. The van der Waals surface area contributed by atoms with Gasteiger partial charge in [0.05, 0.1) is 7.11 Å². The Morgan fingerprint density at radius 3 is 3.12 bits per heavy atom. The van der Waals surface area contributed by atoms with E-state index >= 15 is 0 Å². The van der Waals surface area contributed by atoms with Crippen molar-refractivity contribution in [2.75, 3.05) is 20.2 Å². The van der Waals surface area contributed by atoms with Gasteiger partial charge in [0.2, 0.25) is 5.89 Å². The highest BCUT2D eigenvalue weighted by Gasteiger charge is 2.01. The third-order valence-electron chi connectivity index (χ3n) is 1.98. The lowest BCUT2D eigenvalue weighted by Gasteiger charge is -2.00.